The molecule has 0 radical (unpaired) electrons. The van der Waals surface area contributed by atoms with Crippen LogP contribution in [0.3, 0.4) is 0 Å². The molecule has 0 bridgehead atoms. The zero-order chi connectivity index (χ0) is 17.6. The molecule has 3 amide bonds. The summed E-state index contributed by atoms with van der Waals surface area (Å²) >= 11 is 6.08. The second-order valence-electron chi connectivity index (χ2n) is 7.51. The quantitative estimate of drug-likeness (QED) is 0.775. The van der Waals surface area contributed by atoms with E-state index in [2.05, 4.69) is 16.3 Å². The zero-order valence-electron chi connectivity index (χ0n) is 14.4. The van der Waals surface area contributed by atoms with Gasteiger partial charge in [-0.25, -0.2) is 9.69 Å². The first-order chi connectivity index (χ1) is 12.0. The molecule has 2 aliphatic heterocycles. The third kappa shape index (κ3) is 3.09. The summed E-state index contributed by atoms with van der Waals surface area (Å²) in [4.78, 5) is 30.0. The number of quaternary nitrogens is 1. The van der Waals surface area contributed by atoms with Gasteiger partial charge in [0.1, 0.15) is 5.54 Å². The van der Waals surface area contributed by atoms with Crippen LogP contribution in [0.25, 0.3) is 0 Å². The van der Waals surface area contributed by atoms with Crippen molar-refractivity contribution < 1.29 is 14.5 Å². The van der Waals surface area contributed by atoms with Gasteiger partial charge >= 0.3 is 6.03 Å². The summed E-state index contributed by atoms with van der Waals surface area (Å²) in [5.74, 6) is 0.258. The fraction of sp³-hybridized carbons (Fsp3) is 0.556. The summed E-state index contributed by atoms with van der Waals surface area (Å²) in [6, 6.07) is 7.65. The molecule has 1 aromatic rings. The molecule has 6 nitrogen and oxygen atoms in total. The molecule has 1 atom stereocenters. The van der Waals surface area contributed by atoms with Crippen LogP contribution in [0.5, 0.6) is 0 Å². The first-order valence-corrected chi connectivity index (χ1v) is 9.33. The molecule has 0 aromatic heterocycles. The van der Waals surface area contributed by atoms with Gasteiger partial charge in [0, 0.05) is 10.7 Å². The number of nitrogens with zero attached hydrogens (tertiary/aromatic N) is 2. The van der Waals surface area contributed by atoms with E-state index in [0.29, 0.717) is 12.6 Å². The molecule has 3 aliphatic rings. The van der Waals surface area contributed by atoms with E-state index in [9.17, 15) is 9.59 Å². The molecule has 2 saturated heterocycles. The normalized spacial score (nSPS) is 27.8. The summed E-state index contributed by atoms with van der Waals surface area (Å²) in [7, 11) is 0. The SMILES string of the molecule is C[C@]1(C2CC2)NC(=O)N(C[NH+]2CCN(c3cccc(Cl)c3)CC2)C1=O. The minimum absolute atomic E-state index is 0.0511. The topological polar surface area (TPSA) is 57.1 Å². The lowest BCUT2D eigenvalue weighted by molar-refractivity contribution is -0.907. The number of nitrogens with one attached hydrogen (secondary N) is 2. The van der Waals surface area contributed by atoms with Crippen molar-refractivity contribution in [2.75, 3.05) is 37.7 Å². The van der Waals surface area contributed by atoms with E-state index in [1.165, 1.54) is 9.80 Å². The van der Waals surface area contributed by atoms with Crippen molar-refractivity contribution >= 4 is 29.2 Å². The van der Waals surface area contributed by atoms with Gasteiger partial charge in [-0.2, -0.15) is 0 Å². The van der Waals surface area contributed by atoms with Crippen molar-refractivity contribution in [3.8, 4) is 0 Å². The molecule has 25 heavy (non-hydrogen) atoms. The van der Waals surface area contributed by atoms with Gasteiger partial charge in [-0.1, -0.05) is 17.7 Å². The van der Waals surface area contributed by atoms with Gasteiger partial charge < -0.3 is 15.1 Å². The Morgan fingerprint density at radius 1 is 1.28 bits per heavy atom. The lowest BCUT2D eigenvalue weighted by Crippen LogP contribution is -3.16. The molecule has 0 spiro atoms. The van der Waals surface area contributed by atoms with Gasteiger partial charge in [-0.05, 0) is 43.9 Å². The van der Waals surface area contributed by atoms with Gasteiger partial charge in [-0.15, -0.1) is 0 Å². The summed E-state index contributed by atoms with van der Waals surface area (Å²) in [5.41, 5.74) is 0.446. The van der Waals surface area contributed by atoms with E-state index in [4.69, 9.17) is 11.6 Å². The van der Waals surface area contributed by atoms with E-state index >= 15 is 0 Å². The first-order valence-electron chi connectivity index (χ1n) is 8.95. The Balaban J connectivity index is 1.36. The van der Waals surface area contributed by atoms with Crippen LogP contribution in [0.2, 0.25) is 5.02 Å². The van der Waals surface area contributed by atoms with E-state index < -0.39 is 5.54 Å². The highest BCUT2D eigenvalue weighted by atomic mass is 35.5. The van der Waals surface area contributed by atoms with Crippen LogP contribution >= 0.6 is 11.6 Å². The average Bonchev–Trinajstić information content (AvgIpc) is 3.42. The molecule has 1 aromatic carbocycles. The fourth-order valence-corrected chi connectivity index (χ4v) is 4.12. The summed E-state index contributed by atoms with van der Waals surface area (Å²) < 4.78 is 0. The Kier molecular flexibility index (Phi) is 4.12. The smallest absolute Gasteiger partial charge is 0.329 e. The van der Waals surface area contributed by atoms with Crippen molar-refractivity contribution in [1.82, 2.24) is 10.2 Å². The molecule has 7 heteroatoms. The molecule has 2 heterocycles. The van der Waals surface area contributed by atoms with Gasteiger partial charge in [0.15, 0.2) is 6.67 Å². The molecule has 4 rings (SSSR count). The number of anilines is 1. The number of rotatable bonds is 4. The Hall–Kier alpha value is -1.79. The highest BCUT2D eigenvalue weighted by Crippen LogP contribution is 2.42. The minimum atomic E-state index is -0.681. The second kappa shape index (κ2) is 6.18. The standard InChI is InChI=1S/C18H23ClN4O2/c1-18(13-5-6-13)16(24)23(17(25)20-18)12-21-7-9-22(10-8-21)15-4-2-3-14(19)11-15/h2-4,11,13H,5-10,12H2,1H3,(H,20,25)/p+1/t18-/m1/s1. The number of benzene rings is 1. The maximum Gasteiger partial charge on any atom is 0.329 e. The lowest BCUT2D eigenvalue weighted by atomic mass is 9.96. The van der Waals surface area contributed by atoms with Crippen LogP contribution in [0.15, 0.2) is 24.3 Å². The fourth-order valence-electron chi connectivity index (χ4n) is 3.93. The van der Waals surface area contributed by atoms with Crippen molar-refractivity contribution in [2.45, 2.75) is 25.3 Å². The third-order valence-electron chi connectivity index (χ3n) is 5.72. The second-order valence-corrected chi connectivity index (χ2v) is 7.95. The monoisotopic (exact) mass is 363 g/mol. The van der Waals surface area contributed by atoms with Crippen molar-refractivity contribution in [2.24, 2.45) is 5.92 Å². The molecule has 2 N–H and O–H groups in total. The van der Waals surface area contributed by atoms with Crippen LogP contribution in [-0.2, 0) is 4.79 Å². The maximum atomic E-state index is 12.7. The zero-order valence-corrected chi connectivity index (χ0v) is 15.2. The van der Waals surface area contributed by atoms with Crippen LogP contribution < -0.4 is 15.1 Å². The van der Waals surface area contributed by atoms with Crippen LogP contribution in [0.4, 0.5) is 10.5 Å². The molecular formula is C18H24ClN4O2+. The Morgan fingerprint density at radius 2 is 2.00 bits per heavy atom. The predicted molar refractivity (Wildman–Crippen MR) is 95.7 cm³/mol. The summed E-state index contributed by atoms with van der Waals surface area (Å²) in [6.45, 7) is 5.89. The summed E-state index contributed by atoms with van der Waals surface area (Å²) in [5, 5.41) is 3.66. The molecule has 134 valence electrons. The van der Waals surface area contributed by atoms with Crippen molar-refractivity contribution in [3.63, 3.8) is 0 Å². The number of urea groups is 1. The number of hydrogen-bond donors (Lipinski definition) is 2. The van der Waals surface area contributed by atoms with Gasteiger partial charge in [0.25, 0.3) is 5.91 Å². The molecule has 0 unspecified atom stereocenters. The first kappa shape index (κ1) is 16.7. The van der Waals surface area contributed by atoms with Gasteiger partial charge in [0.2, 0.25) is 0 Å². The average molecular weight is 364 g/mol. The lowest BCUT2D eigenvalue weighted by Gasteiger charge is -2.34. The van der Waals surface area contributed by atoms with Crippen molar-refractivity contribution in [1.29, 1.82) is 0 Å². The van der Waals surface area contributed by atoms with Crippen molar-refractivity contribution in [3.05, 3.63) is 29.3 Å². The minimum Gasteiger partial charge on any atom is -0.360 e. The number of carbonyl (C=O) groups is 2. The molecule has 3 fully saturated rings. The maximum absolute atomic E-state index is 12.7. The number of halogens is 1. The summed E-state index contributed by atoms with van der Waals surface area (Å²) in [6.07, 6.45) is 2.06. The van der Waals surface area contributed by atoms with E-state index in [0.717, 1.165) is 49.7 Å². The number of carbonyl (C=O) groups excluding carboxylic acids is 2. The predicted octanol–water partition coefficient (Wildman–Crippen LogP) is 0.723. The third-order valence-corrected chi connectivity index (χ3v) is 5.96. The van der Waals surface area contributed by atoms with E-state index in [1.54, 1.807) is 0 Å². The van der Waals surface area contributed by atoms with Crippen LogP contribution in [0.1, 0.15) is 19.8 Å². The molecule has 1 saturated carbocycles. The van der Waals surface area contributed by atoms with E-state index in [-0.39, 0.29) is 11.9 Å². The highest BCUT2D eigenvalue weighted by molar-refractivity contribution is 6.30. The van der Waals surface area contributed by atoms with Crippen LogP contribution in [-0.4, -0.2) is 55.2 Å². The number of piperazine rings is 1. The van der Waals surface area contributed by atoms with Gasteiger partial charge in [0.05, 0.1) is 26.2 Å². The molecule has 1 aliphatic carbocycles. The number of amides is 3. The number of hydrogen-bond acceptors (Lipinski definition) is 3. The van der Waals surface area contributed by atoms with Gasteiger partial charge in [-0.3, -0.25) is 4.79 Å². The Labute approximate surface area is 152 Å². The Morgan fingerprint density at radius 3 is 2.64 bits per heavy atom. The largest absolute Gasteiger partial charge is 0.360 e. The molecular weight excluding hydrogens is 340 g/mol. The number of imide groups is 1. The highest BCUT2D eigenvalue weighted by Gasteiger charge is 2.56. The van der Waals surface area contributed by atoms with Crippen LogP contribution in [0, 0.1) is 5.92 Å². The van der Waals surface area contributed by atoms with E-state index in [1.807, 2.05) is 25.1 Å². The Bertz CT molecular complexity index is 700.